The van der Waals surface area contributed by atoms with E-state index in [-0.39, 0.29) is 18.6 Å². The number of quaternary nitrogens is 1. The second-order valence-electron chi connectivity index (χ2n) is 8.81. The van der Waals surface area contributed by atoms with Crippen molar-refractivity contribution in [3.63, 3.8) is 0 Å². The van der Waals surface area contributed by atoms with Crippen molar-refractivity contribution in [3.8, 4) is 0 Å². The molecule has 1 N–H and O–H groups in total. The third kappa shape index (κ3) is 17.0. The molecule has 0 aliphatic carbocycles. The fraction of sp³-hybridized carbons (Fsp3) is 0.913. The number of unbranched alkanes of at least 4 members (excludes halogenated alkanes) is 11. The summed E-state index contributed by atoms with van der Waals surface area (Å²) in [5.74, 6) is -1.02. The molecule has 1 atom stereocenters. The van der Waals surface area contributed by atoms with Gasteiger partial charge in [0.05, 0.1) is 14.1 Å². The van der Waals surface area contributed by atoms with Crippen LogP contribution in [0, 0.1) is 0 Å². The largest absolute Gasteiger partial charge is 0.477 e. The zero-order valence-corrected chi connectivity index (χ0v) is 19.0. The molecule has 0 amide bonds. The summed E-state index contributed by atoms with van der Waals surface area (Å²) in [4.78, 5) is 22.7. The van der Waals surface area contributed by atoms with Gasteiger partial charge in [-0.15, -0.1) is 0 Å². The topological polar surface area (TPSA) is 63.6 Å². The SMILES string of the molecule is CCCCCCCCCCCCCCC(C[N+](C)(C)CC(=O)O)OC(=O)CC. The Labute approximate surface area is 173 Å². The van der Waals surface area contributed by atoms with Crippen molar-refractivity contribution < 1.29 is 23.9 Å². The highest BCUT2D eigenvalue weighted by atomic mass is 16.5. The van der Waals surface area contributed by atoms with E-state index in [1.54, 1.807) is 6.92 Å². The van der Waals surface area contributed by atoms with E-state index in [0.29, 0.717) is 17.4 Å². The van der Waals surface area contributed by atoms with Crippen LogP contribution in [-0.2, 0) is 14.3 Å². The van der Waals surface area contributed by atoms with E-state index >= 15 is 0 Å². The van der Waals surface area contributed by atoms with Crippen LogP contribution < -0.4 is 0 Å². The average molecular weight is 401 g/mol. The molecule has 0 aromatic heterocycles. The highest BCUT2D eigenvalue weighted by Gasteiger charge is 2.26. The van der Waals surface area contributed by atoms with Crippen LogP contribution in [0.4, 0.5) is 0 Å². The maximum atomic E-state index is 11.7. The van der Waals surface area contributed by atoms with Crippen LogP contribution in [0.2, 0.25) is 0 Å². The fourth-order valence-corrected chi connectivity index (χ4v) is 3.65. The van der Waals surface area contributed by atoms with E-state index in [1.165, 1.54) is 64.2 Å². The van der Waals surface area contributed by atoms with Crippen molar-refractivity contribution in [2.75, 3.05) is 27.2 Å². The summed E-state index contributed by atoms with van der Waals surface area (Å²) >= 11 is 0. The first kappa shape index (κ1) is 26.9. The zero-order chi connectivity index (χ0) is 21.3. The average Bonchev–Trinajstić information content (AvgIpc) is 2.60. The standard InChI is InChI=1S/C23H45NO4/c1-5-7-8-9-10-11-12-13-14-15-16-17-18-21(28-23(27)6-2)19-24(3,4)20-22(25)26/h21H,5-20H2,1-4H3/p+1. The molecule has 0 rings (SSSR count). The third-order valence-corrected chi connectivity index (χ3v) is 5.23. The molecular formula is C23H46NO4+. The number of carbonyl (C=O) groups excluding carboxylic acids is 1. The van der Waals surface area contributed by atoms with Crippen LogP contribution in [0.15, 0.2) is 0 Å². The van der Waals surface area contributed by atoms with Crippen LogP contribution in [0.3, 0.4) is 0 Å². The fourth-order valence-electron chi connectivity index (χ4n) is 3.65. The van der Waals surface area contributed by atoms with E-state index in [2.05, 4.69) is 6.92 Å². The highest BCUT2D eigenvalue weighted by Crippen LogP contribution is 2.15. The van der Waals surface area contributed by atoms with Crippen LogP contribution in [0.25, 0.3) is 0 Å². The molecule has 0 heterocycles. The Kier molecular flexibility index (Phi) is 16.2. The predicted molar refractivity (Wildman–Crippen MR) is 115 cm³/mol. The van der Waals surface area contributed by atoms with Crippen molar-refractivity contribution in [2.24, 2.45) is 0 Å². The molecule has 5 nitrogen and oxygen atoms in total. The molecule has 5 heteroatoms. The summed E-state index contributed by atoms with van der Waals surface area (Å²) in [5.41, 5.74) is 0. The van der Waals surface area contributed by atoms with Crippen molar-refractivity contribution in [3.05, 3.63) is 0 Å². The molecule has 28 heavy (non-hydrogen) atoms. The first-order chi connectivity index (χ1) is 13.3. The van der Waals surface area contributed by atoms with Crippen LogP contribution in [0.5, 0.6) is 0 Å². The summed E-state index contributed by atoms with van der Waals surface area (Å²) in [6, 6.07) is 0. The van der Waals surface area contributed by atoms with Gasteiger partial charge < -0.3 is 14.3 Å². The van der Waals surface area contributed by atoms with Crippen LogP contribution in [-0.4, -0.2) is 54.8 Å². The zero-order valence-electron chi connectivity index (χ0n) is 19.0. The quantitative estimate of drug-likeness (QED) is 0.175. The molecule has 0 saturated carbocycles. The van der Waals surface area contributed by atoms with Gasteiger partial charge in [-0.3, -0.25) is 4.79 Å². The number of rotatable bonds is 19. The van der Waals surface area contributed by atoms with Gasteiger partial charge in [0.2, 0.25) is 0 Å². The molecule has 0 aromatic carbocycles. The molecule has 0 bridgehead atoms. The van der Waals surface area contributed by atoms with Gasteiger partial charge in [-0.2, -0.15) is 0 Å². The first-order valence-electron chi connectivity index (χ1n) is 11.5. The minimum absolute atomic E-state index is 0.0403. The van der Waals surface area contributed by atoms with E-state index in [9.17, 15) is 9.59 Å². The smallest absolute Gasteiger partial charge is 0.359 e. The van der Waals surface area contributed by atoms with Gasteiger partial charge in [-0.05, 0) is 12.8 Å². The molecule has 0 fully saturated rings. The lowest BCUT2D eigenvalue weighted by atomic mass is 10.0. The summed E-state index contributed by atoms with van der Waals surface area (Å²) in [6.45, 7) is 4.64. The maximum absolute atomic E-state index is 11.7. The number of carbonyl (C=O) groups is 2. The molecule has 0 spiro atoms. The lowest BCUT2D eigenvalue weighted by molar-refractivity contribution is -0.886. The van der Waals surface area contributed by atoms with Gasteiger partial charge in [0, 0.05) is 6.42 Å². The number of ether oxygens (including phenoxy) is 1. The van der Waals surface area contributed by atoms with E-state index in [4.69, 9.17) is 9.84 Å². The van der Waals surface area contributed by atoms with Gasteiger partial charge in [-0.1, -0.05) is 84.5 Å². The predicted octanol–water partition coefficient (Wildman–Crippen LogP) is 5.56. The molecule has 0 aromatic rings. The Morgan fingerprint density at radius 3 is 1.71 bits per heavy atom. The van der Waals surface area contributed by atoms with Crippen molar-refractivity contribution >= 4 is 11.9 Å². The van der Waals surface area contributed by atoms with Crippen molar-refractivity contribution in [1.29, 1.82) is 0 Å². The summed E-state index contributed by atoms with van der Waals surface area (Å²) in [6.07, 6.45) is 16.6. The van der Waals surface area contributed by atoms with Crippen LogP contribution in [0.1, 0.15) is 104 Å². The highest BCUT2D eigenvalue weighted by molar-refractivity contribution is 5.69. The summed E-state index contributed by atoms with van der Waals surface area (Å²) in [5, 5.41) is 9.06. The number of esters is 1. The Balaban J connectivity index is 3.93. The second-order valence-corrected chi connectivity index (χ2v) is 8.81. The number of aliphatic carboxylic acids is 1. The molecule has 0 aliphatic rings. The van der Waals surface area contributed by atoms with E-state index in [1.807, 2.05) is 14.1 Å². The number of carboxylic acid groups (broad SMARTS) is 1. The molecule has 166 valence electrons. The number of likely N-dealkylation sites (N-methyl/N-ethyl adjacent to an activating group) is 1. The number of nitrogens with zero attached hydrogens (tertiary/aromatic N) is 1. The first-order valence-corrected chi connectivity index (χ1v) is 11.5. The van der Waals surface area contributed by atoms with Crippen molar-refractivity contribution in [2.45, 2.75) is 110 Å². The van der Waals surface area contributed by atoms with Crippen LogP contribution >= 0.6 is 0 Å². The molecule has 1 unspecified atom stereocenters. The molecule has 0 aliphatic heterocycles. The summed E-state index contributed by atoms with van der Waals surface area (Å²) in [7, 11) is 3.76. The summed E-state index contributed by atoms with van der Waals surface area (Å²) < 4.78 is 5.90. The minimum Gasteiger partial charge on any atom is -0.477 e. The Bertz CT molecular complexity index is 409. The van der Waals surface area contributed by atoms with Gasteiger partial charge in [0.25, 0.3) is 0 Å². The number of hydrogen-bond acceptors (Lipinski definition) is 3. The van der Waals surface area contributed by atoms with Gasteiger partial charge >= 0.3 is 11.9 Å². The lowest BCUT2D eigenvalue weighted by Crippen LogP contribution is -2.49. The van der Waals surface area contributed by atoms with E-state index in [0.717, 1.165) is 19.3 Å². The Morgan fingerprint density at radius 2 is 1.29 bits per heavy atom. The Hall–Kier alpha value is -1.10. The van der Waals surface area contributed by atoms with Gasteiger partial charge in [0.1, 0.15) is 6.54 Å². The number of carboxylic acids is 1. The number of hydrogen-bond donors (Lipinski definition) is 1. The monoisotopic (exact) mass is 400 g/mol. The van der Waals surface area contributed by atoms with Gasteiger partial charge in [0.15, 0.2) is 12.6 Å². The van der Waals surface area contributed by atoms with Crippen molar-refractivity contribution in [1.82, 2.24) is 0 Å². The normalized spacial score (nSPS) is 12.7. The Morgan fingerprint density at radius 1 is 0.821 bits per heavy atom. The molecular weight excluding hydrogens is 354 g/mol. The maximum Gasteiger partial charge on any atom is 0.359 e. The third-order valence-electron chi connectivity index (χ3n) is 5.23. The lowest BCUT2D eigenvalue weighted by Gasteiger charge is -2.31. The minimum atomic E-state index is -0.823. The molecule has 0 saturated heterocycles. The second kappa shape index (κ2) is 16.8. The molecule has 0 radical (unpaired) electrons. The van der Waals surface area contributed by atoms with E-state index < -0.39 is 5.97 Å². The van der Waals surface area contributed by atoms with Gasteiger partial charge in [-0.25, -0.2) is 4.79 Å².